The van der Waals surface area contributed by atoms with Crippen LogP contribution in [0.4, 0.5) is 0 Å². The monoisotopic (exact) mass is 703 g/mol. The summed E-state index contributed by atoms with van der Waals surface area (Å²) in [6.07, 6.45) is 13.1. The molecule has 0 saturated heterocycles. The van der Waals surface area contributed by atoms with E-state index < -0.39 is 0 Å². The van der Waals surface area contributed by atoms with Crippen molar-refractivity contribution >= 4 is 0 Å². The van der Waals surface area contributed by atoms with E-state index in [1.54, 1.807) is 0 Å². The van der Waals surface area contributed by atoms with E-state index >= 15 is 0 Å². The Balaban J connectivity index is 1.04. The molecule has 0 aliphatic rings. The Morgan fingerprint density at radius 1 is 0.346 bits per heavy atom. The largest absolute Gasteiger partial charge is 0.494 e. The van der Waals surface area contributed by atoms with Crippen LogP contribution in [-0.2, 0) is 0 Å². The summed E-state index contributed by atoms with van der Waals surface area (Å²) in [7, 11) is 0. The Morgan fingerprint density at radius 3 is 1.00 bits per heavy atom. The molecule has 5 aromatic rings. The van der Waals surface area contributed by atoms with Gasteiger partial charge < -0.3 is 29.2 Å². The molecule has 1 aromatic heterocycles. The van der Waals surface area contributed by atoms with Gasteiger partial charge in [-0.3, -0.25) is 0 Å². The first-order valence-corrected chi connectivity index (χ1v) is 18.9. The Hall–Kier alpha value is -4.85. The highest BCUT2D eigenvalue weighted by Gasteiger charge is 2.07. The minimum atomic E-state index is 0.293. The standard InChI is InChI=1S/C45H53NO6/c47-32-9-5-1-3-7-11-34-49-40-24-16-36(17-25-40)38-20-28-42(29-21-38)51-44-14-13-15-45(46-44)52-43-30-22-39(23-31-43)37-18-26-41(27-19-37)50-35-12-8-4-2-6-10-33-48/h13-31,47-48H,1-12,32-35H2. The van der Waals surface area contributed by atoms with Gasteiger partial charge in [-0.05, 0) is 96.5 Å². The number of benzene rings is 4. The molecule has 0 aliphatic carbocycles. The van der Waals surface area contributed by atoms with Crippen LogP contribution in [0, 0.1) is 0 Å². The van der Waals surface area contributed by atoms with E-state index in [0.29, 0.717) is 36.5 Å². The van der Waals surface area contributed by atoms with E-state index in [4.69, 9.17) is 29.2 Å². The SMILES string of the molecule is OCCCCCCCCOc1ccc(-c2ccc(Oc3cccc(Oc4ccc(-c5ccc(OCCCCCCCCO)cc5)cc4)n3)cc2)cc1. The topological polar surface area (TPSA) is 90.3 Å². The van der Waals surface area contributed by atoms with Gasteiger partial charge in [-0.1, -0.05) is 106 Å². The molecule has 0 bridgehead atoms. The zero-order chi connectivity index (χ0) is 36.1. The number of aromatic nitrogens is 1. The number of rotatable bonds is 24. The van der Waals surface area contributed by atoms with E-state index in [-0.39, 0.29) is 0 Å². The highest BCUT2D eigenvalue weighted by molar-refractivity contribution is 5.66. The average molecular weight is 704 g/mol. The van der Waals surface area contributed by atoms with Gasteiger partial charge in [0.15, 0.2) is 0 Å². The van der Waals surface area contributed by atoms with Gasteiger partial charge in [0, 0.05) is 25.3 Å². The van der Waals surface area contributed by atoms with Gasteiger partial charge in [0.2, 0.25) is 11.8 Å². The fourth-order valence-electron chi connectivity index (χ4n) is 5.89. The third-order valence-electron chi connectivity index (χ3n) is 8.87. The Labute approximate surface area is 309 Å². The van der Waals surface area contributed by atoms with Crippen molar-refractivity contribution in [2.24, 2.45) is 0 Å². The maximum atomic E-state index is 8.87. The normalized spacial score (nSPS) is 11.0. The molecule has 52 heavy (non-hydrogen) atoms. The number of ether oxygens (including phenoxy) is 4. The van der Waals surface area contributed by atoms with Gasteiger partial charge in [-0.15, -0.1) is 0 Å². The van der Waals surface area contributed by atoms with E-state index in [2.05, 4.69) is 29.2 Å². The van der Waals surface area contributed by atoms with Crippen molar-refractivity contribution in [1.29, 1.82) is 0 Å². The Bertz CT molecular complexity index is 1560. The number of nitrogens with zero attached hydrogens (tertiary/aromatic N) is 1. The minimum absolute atomic E-state index is 0.293. The predicted octanol–water partition coefficient (Wildman–Crippen LogP) is 11.4. The lowest BCUT2D eigenvalue weighted by Gasteiger charge is -2.10. The zero-order valence-corrected chi connectivity index (χ0v) is 30.3. The van der Waals surface area contributed by atoms with Crippen molar-refractivity contribution in [2.75, 3.05) is 26.4 Å². The summed E-state index contributed by atoms with van der Waals surface area (Å²) in [5.41, 5.74) is 4.40. The number of aliphatic hydroxyl groups is 2. The smallest absolute Gasteiger partial charge is 0.222 e. The first kappa shape index (κ1) is 38.4. The lowest BCUT2D eigenvalue weighted by molar-refractivity contribution is 0.280. The maximum absolute atomic E-state index is 8.87. The van der Waals surface area contributed by atoms with Gasteiger partial charge in [0.1, 0.15) is 23.0 Å². The molecular formula is C45H53NO6. The Morgan fingerprint density at radius 2 is 0.654 bits per heavy atom. The van der Waals surface area contributed by atoms with E-state index in [0.717, 1.165) is 98.3 Å². The second-order valence-corrected chi connectivity index (χ2v) is 13.0. The molecule has 0 aliphatic heterocycles. The van der Waals surface area contributed by atoms with Crippen molar-refractivity contribution in [3.8, 4) is 57.0 Å². The van der Waals surface area contributed by atoms with E-state index in [1.807, 2.05) is 91.0 Å². The number of hydrogen-bond donors (Lipinski definition) is 2. The van der Waals surface area contributed by atoms with Crippen LogP contribution in [0.1, 0.15) is 77.0 Å². The molecule has 4 aromatic carbocycles. The molecule has 0 atom stereocenters. The van der Waals surface area contributed by atoms with Crippen molar-refractivity contribution in [3.05, 3.63) is 115 Å². The van der Waals surface area contributed by atoms with Crippen molar-refractivity contribution in [3.63, 3.8) is 0 Å². The van der Waals surface area contributed by atoms with Crippen LogP contribution in [0.15, 0.2) is 115 Å². The van der Waals surface area contributed by atoms with Gasteiger partial charge >= 0.3 is 0 Å². The summed E-state index contributed by atoms with van der Waals surface area (Å²) in [5.74, 6) is 4.05. The number of pyridine rings is 1. The highest BCUT2D eigenvalue weighted by atomic mass is 16.5. The van der Waals surface area contributed by atoms with Gasteiger partial charge in [-0.2, -0.15) is 4.98 Å². The zero-order valence-electron chi connectivity index (χ0n) is 30.3. The van der Waals surface area contributed by atoms with Gasteiger partial charge in [-0.25, -0.2) is 0 Å². The second kappa shape index (κ2) is 22.2. The van der Waals surface area contributed by atoms with Crippen LogP contribution >= 0.6 is 0 Å². The van der Waals surface area contributed by atoms with E-state index in [1.165, 1.54) is 25.7 Å². The molecule has 7 heteroatoms. The summed E-state index contributed by atoms with van der Waals surface area (Å²) >= 11 is 0. The average Bonchev–Trinajstić information content (AvgIpc) is 3.18. The maximum Gasteiger partial charge on any atom is 0.222 e. The van der Waals surface area contributed by atoms with E-state index in [9.17, 15) is 0 Å². The summed E-state index contributed by atoms with van der Waals surface area (Å²) in [5, 5.41) is 17.7. The quantitative estimate of drug-likeness (QED) is 0.0618. The third kappa shape index (κ3) is 13.4. The summed E-state index contributed by atoms with van der Waals surface area (Å²) in [6, 6.07) is 37.8. The summed E-state index contributed by atoms with van der Waals surface area (Å²) < 4.78 is 24.0. The van der Waals surface area contributed by atoms with Gasteiger partial charge in [0.05, 0.1) is 13.2 Å². The van der Waals surface area contributed by atoms with Crippen LogP contribution in [0.5, 0.6) is 34.8 Å². The number of aliphatic hydroxyl groups excluding tert-OH is 2. The van der Waals surface area contributed by atoms with Crippen molar-refractivity contribution in [2.45, 2.75) is 77.0 Å². The predicted molar refractivity (Wildman–Crippen MR) is 209 cm³/mol. The van der Waals surface area contributed by atoms with Crippen LogP contribution in [0.25, 0.3) is 22.3 Å². The lowest BCUT2D eigenvalue weighted by atomic mass is 10.1. The molecule has 5 rings (SSSR count). The first-order valence-electron chi connectivity index (χ1n) is 18.9. The minimum Gasteiger partial charge on any atom is -0.494 e. The van der Waals surface area contributed by atoms with Crippen molar-refractivity contribution < 1.29 is 29.2 Å². The van der Waals surface area contributed by atoms with Crippen molar-refractivity contribution in [1.82, 2.24) is 4.98 Å². The molecule has 7 nitrogen and oxygen atoms in total. The molecule has 0 fully saturated rings. The van der Waals surface area contributed by atoms with Crippen LogP contribution in [0.2, 0.25) is 0 Å². The molecule has 0 unspecified atom stereocenters. The fourth-order valence-corrected chi connectivity index (χ4v) is 5.89. The number of hydrogen-bond acceptors (Lipinski definition) is 7. The molecule has 0 amide bonds. The number of unbranched alkanes of at least 4 members (excludes halogenated alkanes) is 10. The third-order valence-corrected chi connectivity index (χ3v) is 8.87. The van der Waals surface area contributed by atoms with Crippen LogP contribution in [0.3, 0.4) is 0 Å². The molecule has 274 valence electrons. The highest BCUT2D eigenvalue weighted by Crippen LogP contribution is 2.30. The molecule has 2 N–H and O–H groups in total. The second-order valence-electron chi connectivity index (χ2n) is 13.0. The van der Waals surface area contributed by atoms with Gasteiger partial charge in [0.25, 0.3) is 0 Å². The molecule has 0 spiro atoms. The summed E-state index contributed by atoms with van der Waals surface area (Å²) in [6.45, 7) is 2.03. The molecular weight excluding hydrogens is 650 g/mol. The first-order chi connectivity index (χ1) is 25.7. The molecule has 0 radical (unpaired) electrons. The van der Waals surface area contributed by atoms with Crippen LogP contribution < -0.4 is 18.9 Å². The Kier molecular flexibility index (Phi) is 16.4. The molecule has 0 saturated carbocycles. The van der Waals surface area contributed by atoms with Crippen LogP contribution in [-0.4, -0.2) is 41.6 Å². The fraction of sp³-hybridized carbons (Fsp3) is 0.356. The molecule has 1 heterocycles. The summed E-state index contributed by atoms with van der Waals surface area (Å²) in [4.78, 5) is 4.56. The lowest BCUT2D eigenvalue weighted by Crippen LogP contribution is -1.97.